The maximum absolute atomic E-state index is 5.90. The topological polar surface area (TPSA) is 75.9 Å². The molecular formula is C15H20ClN5. The van der Waals surface area contributed by atoms with Crippen LogP contribution in [0.2, 0.25) is 5.02 Å². The fraction of sp³-hybridized carbons (Fsp3) is 0.333. The second-order valence-corrected chi connectivity index (χ2v) is 6.33. The zero-order valence-electron chi connectivity index (χ0n) is 12.7. The molecule has 0 amide bonds. The van der Waals surface area contributed by atoms with Crippen LogP contribution in [-0.2, 0) is 5.41 Å². The molecule has 0 saturated heterocycles. The highest BCUT2D eigenvalue weighted by Gasteiger charge is 2.21. The highest BCUT2D eigenvalue weighted by Crippen LogP contribution is 2.28. The lowest BCUT2D eigenvalue weighted by Gasteiger charge is -2.20. The van der Waals surface area contributed by atoms with Crippen LogP contribution < -0.4 is 16.6 Å². The van der Waals surface area contributed by atoms with Crippen molar-refractivity contribution in [1.82, 2.24) is 9.97 Å². The molecule has 0 aliphatic carbocycles. The molecule has 1 heterocycles. The third-order valence-electron chi connectivity index (χ3n) is 3.06. The molecule has 0 aliphatic heterocycles. The smallest absolute Gasteiger partial charge is 0.148 e. The van der Waals surface area contributed by atoms with Crippen LogP contribution >= 0.6 is 11.6 Å². The quantitative estimate of drug-likeness (QED) is 0.594. The van der Waals surface area contributed by atoms with Crippen molar-refractivity contribution in [3.8, 4) is 0 Å². The van der Waals surface area contributed by atoms with E-state index >= 15 is 0 Å². The Morgan fingerprint density at radius 1 is 1.05 bits per heavy atom. The van der Waals surface area contributed by atoms with Crippen LogP contribution in [0.1, 0.15) is 32.2 Å². The van der Waals surface area contributed by atoms with Crippen molar-refractivity contribution in [2.75, 3.05) is 10.7 Å². The van der Waals surface area contributed by atoms with Gasteiger partial charge in [0, 0.05) is 21.7 Å². The van der Waals surface area contributed by atoms with E-state index in [4.69, 9.17) is 17.4 Å². The van der Waals surface area contributed by atoms with Gasteiger partial charge in [0.2, 0.25) is 0 Å². The second-order valence-electron chi connectivity index (χ2n) is 5.90. The van der Waals surface area contributed by atoms with Gasteiger partial charge >= 0.3 is 0 Å². The number of anilines is 3. The van der Waals surface area contributed by atoms with Gasteiger partial charge in [-0.15, -0.1) is 0 Å². The summed E-state index contributed by atoms with van der Waals surface area (Å²) >= 11 is 5.90. The van der Waals surface area contributed by atoms with E-state index in [2.05, 4.69) is 41.5 Å². The highest BCUT2D eigenvalue weighted by molar-refractivity contribution is 6.30. The largest absolute Gasteiger partial charge is 0.340 e. The van der Waals surface area contributed by atoms with Crippen LogP contribution in [0.15, 0.2) is 24.3 Å². The summed E-state index contributed by atoms with van der Waals surface area (Å²) in [4.78, 5) is 9.09. The lowest BCUT2D eigenvalue weighted by atomic mass is 9.95. The number of nitrogens with one attached hydrogen (secondary N) is 2. The van der Waals surface area contributed by atoms with E-state index in [1.807, 2.05) is 31.2 Å². The van der Waals surface area contributed by atoms with Gasteiger partial charge in [-0.05, 0) is 31.2 Å². The maximum atomic E-state index is 5.90. The second kappa shape index (κ2) is 5.87. The SMILES string of the molecule is Cc1c(NN)nc(C(C)(C)C)nc1Nc1ccc(Cl)cc1. The molecule has 0 aliphatic rings. The van der Waals surface area contributed by atoms with Crippen LogP contribution in [0.3, 0.4) is 0 Å². The number of hydrazine groups is 1. The Bertz CT molecular complexity index is 632. The Labute approximate surface area is 129 Å². The van der Waals surface area contributed by atoms with E-state index in [0.29, 0.717) is 10.8 Å². The number of nitrogen functional groups attached to an aromatic ring is 1. The minimum Gasteiger partial charge on any atom is -0.340 e. The Kier molecular flexibility index (Phi) is 4.34. The molecule has 0 saturated carbocycles. The third kappa shape index (κ3) is 3.62. The van der Waals surface area contributed by atoms with Crippen molar-refractivity contribution < 1.29 is 0 Å². The van der Waals surface area contributed by atoms with Gasteiger partial charge in [-0.1, -0.05) is 32.4 Å². The van der Waals surface area contributed by atoms with E-state index in [9.17, 15) is 0 Å². The number of hydrogen-bond donors (Lipinski definition) is 3. The normalized spacial score (nSPS) is 11.3. The van der Waals surface area contributed by atoms with Gasteiger partial charge in [-0.3, -0.25) is 0 Å². The molecule has 1 aromatic carbocycles. The number of nitrogens with zero attached hydrogens (tertiary/aromatic N) is 2. The number of rotatable bonds is 3. The minimum atomic E-state index is -0.171. The molecule has 0 spiro atoms. The van der Waals surface area contributed by atoms with Crippen molar-refractivity contribution in [2.24, 2.45) is 5.84 Å². The molecular weight excluding hydrogens is 286 g/mol. The van der Waals surface area contributed by atoms with E-state index in [1.54, 1.807) is 0 Å². The van der Waals surface area contributed by atoms with Gasteiger partial charge in [0.15, 0.2) is 0 Å². The molecule has 4 N–H and O–H groups in total. The van der Waals surface area contributed by atoms with Crippen LogP contribution in [0.25, 0.3) is 0 Å². The van der Waals surface area contributed by atoms with Gasteiger partial charge < -0.3 is 10.7 Å². The first-order valence-corrected chi connectivity index (χ1v) is 7.07. The molecule has 112 valence electrons. The van der Waals surface area contributed by atoms with Gasteiger partial charge in [-0.25, -0.2) is 15.8 Å². The summed E-state index contributed by atoms with van der Waals surface area (Å²) < 4.78 is 0. The molecule has 6 heteroatoms. The van der Waals surface area contributed by atoms with E-state index < -0.39 is 0 Å². The summed E-state index contributed by atoms with van der Waals surface area (Å²) in [5, 5.41) is 3.98. The first-order valence-electron chi connectivity index (χ1n) is 6.69. The average molecular weight is 306 g/mol. The zero-order chi connectivity index (χ0) is 15.6. The summed E-state index contributed by atoms with van der Waals surface area (Å²) in [6.07, 6.45) is 0. The van der Waals surface area contributed by atoms with E-state index in [0.717, 1.165) is 22.9 Å². The first-order chi connectivity index (χ1) is 9.81. The molecule has 0 atom stereocenters. The molecule has 5 nitrogen and oxygen atoms in total. The van der Waals surface area contributed by atoms with E-state index in [1.165, 1.54) is 0 Å². The monoisotopic (exact) mass is 305 g/mol. The molecule has 0 radical (unpaired) electrons. The molecule has 0 unspecified atom stereocenters. The Balaban J connectivity index is 2.44. The summed E-state index contributed by atoms with van der Waals surface area (Å²) in [6.45, 7) is 8.10. The van der Waals surface area contributed by atoms with Gasteiger partial charge in [0.1, 0.15) is 17.5 Å². The minimum absolute atomic E-state index is 0.171. The molecule has 21 heavy (non-hydrogen) atoms. The Morgan fingerprint density at radius 3 is 2.14 bits per heavy atom. The highest BCUT2D eigenvalue weighted by atomic mass is 35.5. The van der Waals surface area contributed by atoms with Crippen LogP contribution in [-0.4, -0.2) is 9.97 Å². The molecule has 2 rings (SSSR count). The van der Waals surface area contributed by atoms with Gasteiger partial charge in [0.05, 0.1) is 0 Å². The fourth-order valence-corrected chi connectivity index (χ4v) is 1.91. The van der Waals surface area contributed by atoms with Crippen molar-refractivity contribution in [3.63, 3.8) is 0 Å². The van der Waals surface area contributed by atoms with E-state index in [-0.39, 0.29) is 5.41 Å². The number of nitrogens with two attached hydrogens (primary N) is 1. The van der Waals surface area contributed by atoms with Crippen molar-refractivity contribution in [3.05, 3.63) is 40.7 Å². The van der Waals surface area contributed by atoms with Crippen LogP contribution in [0.4, 0.5) is 17.3 Å². The lowest BCUT2D eigenvalue weighted by molar-refractivity contribution is 0.546. The van der Waals surface area contributed by atoms with Gasteiger partial charge in [0.25, 0.3) is 0 Å². The Hall–Kier alpha value is -1.85. The molecule has 0 fully saturated rings. The maximum Gasteiger partial charge on any atom is 0.148 e. The molecule has 1 aromatic heterocycles. The molecule has 0 bridgehead atoms. The third-order valence-corrected chi connectivity index (χ3v) is 3.31. The number of hydrogen-bond acceptors (Lipinski definition) is 5. The number of aromatic nitrogens is 2. The van der Waals surface area contributed by atoms with Crippen molar-refractivity contribution >= 4 is 28.9 Å². The summed E-state index contributed by atoms with van der Waals surface area (Å²) in [7, 11) is 0. The summed E-state index contributed by atoms with van der Waals surface area (Å²) in [5.41, 5.74) is 4.23. The average Bonchev–Trinajstić information content (AvgIpc) is 2.42. The van der Waals surface area contributed by atoms with Gasteiger partial charge in [-0.2, -0.15) is 0 Å². The zero-order valence-corrected chi connectivity index (χ0v) is 13.4. The van der Waals surface area contributed by atoms with Crippen molar-refractivity contribution in [1.29, 1.82) is 0 Å². The predicted molar refractivity (Wildman–Crippen MR) is 88.0 cm³/mol. The molecule has 2 aromatic rings. The number of halogens is 1. The first kappa shape index (κ1) is 15.5. The number of benzene rings is 1. The van der Waals surface area contributed by atoms with Crippen LogP contribution in [0.5, 0.6) is 0 Å². The predicted octanol–water partition coefficient (Wildman–Crippen LogP) is 3.77. The fourth-order valence-electron chi connectivity index (χ4n) is 1.78. The standard InChI is InChI=1S/C15H20ClN5/c1-9-12(18-11-7-5-10(16)6-8-11)19-14(15(2,3)4)20-13(9)21-17/h5-8H,17H2,1-4H3,(H2,18,19,20,21). The lowest BCUT2D eigenvalue weighted by Crippen LogP contribution is -2.20. The van der Waals surface area contributed by atoms with Crippen molar-refractivity contribution in [2.45, 2.75) is 33.1 Å². The van der Waals surface area contributed by atoms with Crippen LogP contribution in [0, 0.1) is 6.92 Å². The summed E-state index contributed by atoms with van der Waals surface area (Å²) in [6, 6.07) is 7.45. The Morgan fingerprint density at radius 2 is 1.62 bits per heavy atom. The summed E-state index contributed by atoms with van der Waals surface area (Å²) in [5.74, 6) is 7.62.